The molecule has 0 radical (unpaired) electrons. The quantitative estimate of drug-likeness (QED) is 0.718. The standard InChI is InChI=1S/C22H25N3O3/c1-3-13-25(14-4-2)22(27)17-9-11-19(12-10-17)24-21(26)16-28-20-8-6-5-7-18(20)15-23/h5-12H,3-4,13-14,16H2,1-2H3,(H,24,26). The van der Waals surface area contributed by atoms with Gasteiger partial charge in [0.1, 0.15) is 11.8 Å². The van der Waals surface area contributed by atoms with Crippen molar-refractivity contribution in [1.82, 2.24) is 4.90 Å². The summed E-state index contributed by atoms with van der Waals surface area (Å²) in [5.41, 5.74) is 1.55. The van der Waals surface area contributed by atoms with Gasteiger partial charge in [0.25, 0.3) is 11.8 Å². The highest BCUT2D eigenvalue weighted by Gasteiger charge is 2.14. The number of hydrogen-bond acceptors (Lipinski definition) is 4. The van der Waals surface area contributed by atoms with Crippen LogP contribution in [0.25, 0.3) is 0 Å². The Hall–Kier alpha value is -3.33. The summed E-state index contributed by atoms with van der Waals surface area (Å²) < 4.78 is 5.41. The normalized spacial score (nSPS) is 10.0. The monoisotopic (exact) mass is 379 g/mol. The average molecular weight is 379 g/mol. The number of carbonyl (C=O) groups is 2. The molecule has 6 nitrogen and oxygen atoms in total. The van der Waals surface area contributed by atoms with Crippen LogP contribution in [0.15, 0.2) is 48.5 Å². The highest BCUT2D eigenvalue weighted by atomic mass is 16.5. The van der Waals surface area contributed by atoms with E-state index in [2.05, 4.69) is 5.32 Å². The molecule has 0 heterocycles. The first-order chi connectivity index (χ1) is 13.6. The number of hydrogen-bond donors (Lipinski definition) is 1. The van der Waals surface area contributed by atoms with Crippen molar-refractivity contribution in [3.05, 3.63) is 59.7 Å². The Bertz CT molecular complexity index is 835. The van der Waals surface area contributed by atoms with E-state index in [0.29, 0.717) is 22.6 Å². The molecule has 0 spiro atoms. The van der Waals surface area contributed by atoms with Crippen molar-refractivity contribution in [2.45, 2.75) is 26.7 Å². The summed E-state index contributed by atoms with van der Waals surface area (Å²) in [6.07, 6.45) is 1.82. The molecular weight excluding hydrogens is 354 g/mol. The van der Waals surface area contributed by atoms with Crippen LogP contribution in [0.1, 0.15) is 42.6 Å². The van der Waals surface area contributed by atoms with E-state index >= 15 is 0 Å². The molecule has 6 heteroatoms. The maximum Gasteiger partial charge on any atom is 0.262 e. The molecule has 1 N–H and O–H groups in total. The molecule has 0 aliphatic heterocycles. The zero-order valence-electron chi connectivity index (χ0n) is 16.3. The summed E-state index contributed by atoms with van der Waals surface area (Å²) in [5, 5.41) is 11.8. The first kappa shape index (κ1) is 21.0. The van der Waals surface area contributed by atoms with Crippen LogP contribution in [0.5, 0.6) is 5.75 Å². The van der Waals surface area contributed by atoms with Gasteiger partial charge in [-0.15, -0.1) is 0 Å². The Morgan fingerprint density at radius 3 is 2.29 bits per heavy atom. The van der Waals surface area contributed by atoms with Crippen LogP contribution in [0, 0.1) is 11.3 Å². The van der Waals surface area contributed by atoms with E-state index in [0.717, 1.165) is 25.9 Å². The molecule has 0 atom stereocenters. The van der Waals surface area contributed by atoms with Gasteiger partial charge in [-0.3, -0.25) is 9.59 Å². The topological polar surface area (TPSA) is 82.4 Å². The van der Waals surface area contributed by atoms with Crippen molar-refractivity contribution in [1.29, 1.82) is 5.26 Å². The summed E-state index contributed by atoms with van der Waals surface area (Å²) >= 11 is 0. The van der Waals surface area contributed by atoms with Crippen molar-refractivity contribution < 1.29 is 14.3 Å². The summed E-state index contributed by atoms with van der Waals surface area (Å²) in [6.45, 7) is 5.34. The van der Waals surface area contributed by atoms with E-state index in [1.807, 2.05) is 24.8 Å². The van der Waals surface area contributed by atoms with Gasteiger partial charge < -0.3 is 15.0 Å². The SMILES string of the molecule is CCCN(CCC)C(=O)c1ccc(NC(=O)COc2ccccc2C#N)cc1. The van der Waals surface area contributed by atoms with E-state index in [4.69, 9.17) is 10.00 Å². The van der Waals surface area contributed by atoms with Gasteiger partial charge in [-0.05, 0) is 49.2 Å². The van der Waals surface area contributed by atoms with Crippen LogP contribution in [0.3, 0.4) is 0 Å². The average Bonchev–Trinajstić information content (AvgIpc) is 2.72. The molecular formula is C22H25N3O3. The van der Waals surface area contributed by atoms with Crippen molar-refractivity contribution in [3.63, 3.8) is 0 Å². The fraction of sp³-hybridized carbons (Fsp3) is 0.318. The molecule has 0 fully saturated rings. The van der Waals surface area contributed by atoms with Crippen molar-refractivity contribution in [2.75, 3.05) is 25.0 Å². The van der Waals surface area contributed by atoms with Crippen molar-refractivity contribution >= 4 is 17.5 Å². The minimum atomic E-state index is -0.342. The van der Waals surface area contributed by atoms with Crippen LogP contribution in [-0.4, -0.2) is 36.4 Å². The smallest absolute Gasteiger partial charge is 0.262 e. The number of carbonyl (C=O) groups excluding carboxylic acids is 2. The molecule has 2 amide bonds. The maximum atomic E-state index is 12.6. The lowest BCUT2D eigenvalue weighted by molar-refractivity contribution is -0.118. The Labute approximate surface area is 165 Å². The number of rotatable bonds is 9. The fourth-order valence-corrected chi connectivity index (χ4v) is 2.76. The number of nitriles is 1. The number of benzene rings is 2. The molecule has 2 rings (SSSR count). The van der Waals surface area contributed by atoms with Crippen LogP contribution >= 0.6 is 0 Å². The molecule has 146 valence electrons. The molecule has 0 unspecified atom stereocenters. The Balaban J connectivity index is 1.93. The van der Waals surface area contributed by atoms with Gasteiger partial charge in [0.2, 0.25) is 0 Å². The second-order valence-corrected chi connectivity index (χ2v) is 6.31. The third kappa shape index (κ3) is 5.85. The fourth-order valence-electron chi connectivity index (χ4n) is 2.76. The Morgan fingerprint density at radius 1 is 1.04 bits per heavy atom. The van der Waals surface area contributed by atoms with Gasteiger partial charge in [-0.2, -0.15) is 5.26 Å². The van der Waals surface area contributed by atoms with Crippen LogP contribution in [-0.2, 0) is 4.79 Å². The van der Waals surface area contributed by atoms with Gasteiger partial charge in [0, 0.05) is 24.3 Å². The van der Waals surface area contributed by atoms with E-state index in [1.165, 1.54) is 0 Å². The Kier molecular flexibility index (Phi) is 8.04. The summed E-state index contributed by atoms with van der Waals surface area (Å²) in [4.78, 5) is 26.5. The van der Waals surface area contributed by atoms with E-state index in [-0.39, 0.29) is 18.4 Å². The summed E-state index contributed by atoms with van der Waals surface area (Å²) in [6, 6.07) is 15.6. The molecule has 0 aliphatic rings. The Morgan fingerprint density at radius 2 is 1.68 bits per heavy atom. The lowest BCUT2D eigenvalue weighted by atomic mass is 10.1. The van der Waals surface area contributed by atoms with Crippen LogP contribution in [0.4, 0.5) is 5.69 Å². The second-order valence-electron chi connectivity index (χ2n) is 6.31. The number of amides is 2. The van der Waals surface area contributed by atoms with Gasteiger partial charge in [0.15, 0.2) is 6.61 Å². The lowest BCUT2D eigenvalue weighted by Crippen LogP contribution is -2.32. The van der Waals surface area contributed by atoms with E-state index in [9.17, 15) is 9.59 Å². The maximum absolute atomic E-state index is 12.6. The molecule has 28 heavy (non-hydrogen) atoms. The molecule has 0 saturated carbocycles. The lowest BCUT2D eigenvalue weighted by Gasteiger charge is -2.21. The molecule has 2 aromatic carbocycles. The van der Waals surface area contributed by atoms with Gasteiger partial charge in [-0.1, -0.05) is 26.0 Å². The molecule has 0 saturated heterocycles. The predicted molar refractivity (Wildman–Crippen MR) is 108 cm³/mol. The number of ether oxygens (including phenoxy) is 1. The minimum Gasteiger partial charge on any atom is -0.482 e. The first-order valence-electron chi connectivity index (χ1n) is 9.40. The van der Waals surface area contributed by atoms with Gasteiger partial charge in [-0.25, -0.2) is 0 Å². The number of anilines is 1. The van der Waals surface area contributed by atoms with E-state index in [1.54, 1.807) is 48.5 Å². The predicted octanol–water partition coefficient (Wildman–Crippen LogP) is 3.84. The van der Waals surface area contributed by atoms with E-state index < -0.39 is 0 Å². The second kappa shape index (κ2) is 10.7. The largest absolute Gasteiger partial charge is 0.482 e. The molecule has 0 bridgehead atoms. The number of para-hydroxylation sites is 1. The van der Waals surface area contributed by atoms with Gasteiger partial charge >= 0.3 is 0 Å². The summed E-state index contributed by atoms with van der Waals surface area (Å²) in [7, 11) is 0. The van der Waals surface area contributed by atoms with Crippen molar-refractivity contribution in [3.8, 4) is 11.8 Å². The highest BCUT2D eigenvalue weighted by Crippen LogP contribution is 2.17. The van der Waals surface area contributed by atoms with Crippen molar-refractivity contribution in [2.24, 2.45) is 0 Å². The van der Waals surface area contributed by atoms with Gasteiger partial charge in [0.05, 0.1) is 5.56 Å². The molecule has 0 aliphatic carbocycles. The first-order valence-corrected chi connectivity index (χ1v) is 9.40. The highest BCUT2D eigenvalue weighted by molar-refractivity contribution is 5.96. The van der Waals surface area contributed by atoms with Crippen LogP contribution < -0.4 is 10.1 Å². The number of nitrogens with zero attached hydrogens (tertiary/aromatic N) is 2. The third-order valence-electron chi connectivity index (χ3n) is 4.06. The number of nitrogens with one attached hydrogen (secondary N) is 1. The third-order valence-corrected chi connectivity index (χ3v) is 4.06. The summed E-state index contributed by atoms with van der Waals surface area (Å²) in [5.74, 6) is 0.0245. The van der Waals surface area contributed by atoms with Crippen LogP contribution in [0.2, 0.25) is 0 Å². The zero-order valence-corrected chi connectivity index (χ0v) is 16.3. The molecule has 0 aromatic heterocycles. The zero-order chi connectivity index (χ0) is 20.4. The molecule has 2 aromatic rings. The minimum absolute atomic E-state index is 0.00183.